The fourth-order valence-electron chi connectivity index (χ4n) is 10.9. The lowest BCUT2D eigenvalue weighted by Crippen LogP contribution is -2.56. The van der Waals surface area contributed by atoms with Crippen LogP contribution in [0.25, 0.3) is 0 Å². The molecular weight excluding hydrogens is 1020 g/mol. The lowest BCUT2D eigenvalue weighted by molar-refractivity contribution is -0.0313. The average molecular weight is 1140 g/mol. The van der Waals surface area contributed by atoms with Gasteiger partial charge in [0.2, 0.25) is 0 Å². The average Bonchev–Trinajstić information content (AvgIpc) is 3.40. The SMILES string of the molecule is CO[Si](CCCN1CN(CCCCC(=NC(C)C)NC(C)C)CN(CCCCC(=NC(C)C)NC(C)C)C1)(OC)OC.CO[Si](CCCN1CN(CCCN2CCCN=C2C)CN(CCCN2CCCN=C2C)C1)(OC)OC. The van der Waals surface area contributed by atoms with E-state index in [-0.39, 0.29) is 0 Å². The van der Waals surface area contributed by atoms with E-state index in [2.05, 4.69) is 129 Å². The number of nitrogens with zero attached hydrogens (tertiary/aromatic N) is 12. The van der Waals surface area contributed by atoms with E-state index in [0.717, 1.165) is 181 Å². The van der Waals surface area contributed by atoms with Crippen LogP contribution in [0.2, 0.25) is 12.1 Å². The molecule has 0 amide bonds. The summed E-state index contributed by atoms with van der Waals surface area (Å²) < 4.78 is 33.9. The van der Waals surface area contributed by atoms with Crippen molar-refractivity contribution in [1.29, 1.82) is 0 Å². The molecule has 0 atom stereocenters. The van der Waals surface area contributed by atoms with E-state index in [1.807, 2.05) is 0 Å². The first-order valence-electron chi connectivity index (χ1n) is 30.2. The molecule has 0 unspecified atom stereocenters. The van der Waals surface area contributed by atoms with Crippen LogP contribution in [0, 0.1) is 0 Å². The van der Waals surface area contributed by atoms with Crippen molar-refractivity contribution in [3.63, 3.8) is 0 Å². The van der Waals surface area contributed by atoms with Crippen LogP contribution in [0.3, 0.4) is 0 Å². The molecule has 2 fully saturated rings. The van der Waals surface area contributed by atoms with Gasteiger partial charge in [-0.3, -0.25) is 49.4 Å². The molecule has 0 saturated carbocycles. The topological polar surface area (TPSA) is 155 Å². The first kappa shape index (κ1) is 70.1. The van der Waals surface area contributed by atoms with Crippen LogP contribution < -0.4 is 10.6 Å². The van der Waals surface area contributed by atoms with Gasteiger partial charge in [-0.1, -0.05) is 0 Å². The van der Waals surface area contributed by atoms with Crippen molar-refractivity contribution in [2.45, 2.75) is 183 Å². The Morgan fingerprint density at radius 2 is 0.731 bits per heavy atom. The minimum atomic E-state index is -2.55. The van der Waals surface area contributed by atoms with Gasteiger partial charge in [0.05, 0.1) is 63.4 Å². The lowest BCUT2D eigenvalue weighted by atomic mass is 10.2. The highest BCUT2D eigenvalue weighted by Crippen LogP contribution is 2.20. The Balaban J connectivity index is 0.000000414. The summed E-state index contributed by atoms with van der Waals surface area (Å²) in [6.07, 6.45) is 13.4. The standard InChI is InChI=1S/C31H67N7O3Si.C25H51N7O3Si/c1-26(2)32-30(33-27(3)4)17-12-14-19-36-23-37(20-15-13-18-31(34-28(5)6)35-29(7)8)25-38(24-36)21-16-22-42(39-9,40-10)41-11;1-24-26-11-6-16-31(24)18-8-13-28-21-29(14-9-19-32-17-7-12-27-25(32)2)23-30(22-28)15-10-20-36(33-3,34-4)35-5/h26-29H,12-25H2,1-11H3,(H,32,33)(H,34,35);6-23H2,1-5H3. The van der Waals surface area contributed by atoms with Crippen molar-refractivity contribution in [2.75, 3.05) is 161 Å². The van der Waals surface area contributed by atoms with Gasteiger partial charge in [-0.2, -0.15) is 0 Å². The van der Waals surface area contributed by atoms with Gasteiger partial charge in [-0.25, -0.2) is 0 Å². The maximum Gasteiger partial charge on any atom is 0.500 e. The van der Waals surface area contributed by atoms with Crippen molar-refractivity contribution in [2.24, 2.45) is 20.0 Å². The van der Waals surface area contributed by atoms with Crippen LogP contribution in [-0.4, -0.2) is 266 Å². The molecule has 4 heterocycles. The Morgan fingerprint density at radius 1 is 0.436 bits per heavy atom. The summed E-state index contributed by atoms with van der Waals surface area (Å²) >= 11 is 0. The van der Waals surface area contributed by atoms with Gasteiger partial charge in [0.15, 0.2) is 0 Å². The molecule has 0 bridgehead atoms. The third-order valence-electron chi connectivity index (χ3n) is 14.8. The second-order valence-electron chi connectivity index (χ2n) is 23.1. The van der Waals surface area contributed by atoms with E-state index in [1.54, 1.807) is 42.7 Å². The Hall–Kier alpha value is -2.17. The lowest BCUT2D eigenvalue weighted by Gasteiger charge is -2.43. The van der Waals surface area contributed by atoms with Gasteiger partial charge in [-0.15, -0.1) is 0 Å². The molecule has 2 saturated heterocycles. The summed E-state index contributed by atoms with van der Waals surface area (Å²) in [7, 11) is 5.14. The predicted molar refractivity (Wildman–Crippen MR) is 329 cm³/mol. The molecular formula is C56H118N14O6Si2. The highest BCUT2D eigenvalue weighted by atomic mass is 28.4. The van der Waals surface area contributed by atoms with E-state index < -0.39 is 17.6 Å². The van der Waals surface area contributed by atoms with Gasteiger partial charge in [-0.05, 0) is 133 Å². The minimum absolute atomic E-state index is 0.320. The van der Waals surface area contributed by atoms with Crippen LogP contribution in [0.15, 0.2) is 20.0 Å². The zero-order chi connectivity index (χ0) is 57.4. The Morgan fingerprint density at radius 3 is 1.00 bits per heavy atom. The first-order chi connectivity index (χ1) is 37.4. The number of hydrogen-bond donors (Lipinski definition) is 2. The highest BCUT2D eigenvalue weighted by Gasteiger charge is 2.38. The summed E-state index contributed by atoms with van der Waals surface area (Å²) in [6, 6.07) is 3.14. The zero-order valence-corrected chi connectivity index (χ0v) is 54.8. The monoisotopic (exact) mass is 1140 g/mol. The largest absolute Gasteiger partial charge is 0.500 e. The Labute approximate surface area is 479 Å². The van der Waals surface area contributed by atoms with Crippen molar-refractivity contribution >= 4 is 41.0 Å². The summed E-state index contributed by atoms with van der Waals surface area (Å²) in [5, 5.41) is 7.10. The minimum Gasteiger partial charge on any atom is -0.377 e. The molecule has 0 aromatic carbocycles. The summed E-state index contributed by atoms with van der Waals surface area (Å²) in [6.45, 7) is 40.7. The summed E-state index contributed by atoms with van der Waals surface area (Å²) in [4.78, 5) is 39.4. The van der Waals surface area contributed by atoms with Crippen LogP contribution >= 0.6 is 0 Å². The number of rotatable bonds is 36. The van der Waals surface area contributed by atoms with Crippen LogP contribution in [0.1, 0.15) is 146 Å². The maximum absolute atomic E-state index is 5.66. The molecule has 0 radical (unpaired) electrons. The van der Waals surface area contributed by atoms with Crippen LogP contribution in [0.4, 0.5) is 0 Å². The van der Waals surface area contributed by atoms with Gasteiger partial charge in [0.1, 0.15) is 0 Å². The van der Waals surface area contributed by atoms with Gasteiger partial charge < -0.3 is 47.0 Å². The van der Waals surface area contributed by atoms with Crippen molar-refractivity contribution in [3.05, 3.63) is 0 Å². The number of aliphatic imine (C=N–C) groups is 4. The molecule has 20 nitrogen and oxygen atoms in total. The number of amidine groups is 4. The molecule has 2 N–H and O–H groups in total. The maximum atomic E-state index is 5.66. The first-order valence-corrected chi connectivity index (χ1v) is 34.1. The van der Waals surface area contributed by atoms with Gasteiger partial charge in [0, 0.05) is 170 Å². The van der Waals surface area contributed by atoms with E-state index in [9.17, 15) is 0 Å². The molecule has 4 rings (SSSR count). The molecule has 78 heavy (non-hydrogen) atoms. The predicted octanol–water partition coefficient (Wildman–Crippen LogP) is 7.07. The molecule has 0 aromatic rings. The second kappa shape index (κ2) is 39.3. The quantitative estimate of drug-likeness (QED) is 0.0284. The van der Waals surface area contributed by atoms with E-state index in [0.29, 0.717) is 24.2 Å². The normalized spacial score (nSPS) is 18.9. The van der Waals surface area contributed by atoms with E-state index >= 15 is 0 Å². The zero-order valence-electron chi connectivity index (χ0n) is 52.8. The van der Waals surface area contributed by atoms with E-state index in [4.69, 9.17) is 36.5 Å². The van der Waals surface area contributed by atoms with Crippen molar-refractivity contribution < 1.29 is 26.6 Å². The Kier molecular flexibility index (Phi) is 35.4. The Bertz CT molecular complexity index is 1600. The molecule has 4 aliphatic heterocycles. The van der Waals surface area contributed by atoms with Crippen molar-refractivity contribution in [1.82, 2.24) is 49.8 Å². The smallest absolute Gasteiger partial charge is 0.377 e. The number of hydrogen-bond acceptors (Lipinski definition) is 18. The van der Waals surface area contributed by atoms with Gasteiger partial charge in [0.25, 0.3) is 0 Å². The van der Waals surface area contributed by atoms with E-state index in [1.165, 1.54) is 50.2 Å². The second-order valence-corrected chi connectivity index (χ2v) is 29.3. The summed E-state index contributed by atoms with van der Waals surface area (Å²) in [5.74, 6) is 4.72. The fourth-order valence-corrected chi connectivity index (χ4v) is 14.3. The van der Waals surface area contributed by atoms with Crippen LogP contribution in [0.5, 0.6) is 0 Å². The molecule has 456 valence electrons. The molecule has 0 spiro atoms. The molecule has 4 aliphatic rings. The third-order valence-corrected chi connectivity index (χ3v) is 20.4. The third kappa shape index (κ3) is 28.2. The molecule has 0 aliphatic carbocycles. The number of unbranched alkanes of at least 4 members (excludes halogenated alkanes) is 2. The highest BCUT2D eigenvalue weighted by molar-refractivity contribution is 6.60. The number of nitrogens with one attached hydrogen (secondary N) is 2. The summed E-state index contributed by atoms with van der Waals surface area (Å²) in [5.41, 5.74) is 0. The van der Waals surface area contributed by atoms with Crippen molar-refractivity contribution in [3.8, 4) is 0 Å². The van der Waals surface area contributed by atoms with Gasteiger partial charge >= 0.3 is 17.6 Å². The van der Waals surface area contributed by atoms with Crippen LogP contribution in [-0.2, 0) is 26.6 Å². The molecule has 22 heteroatoms. The fraction of sp³-hybridized carbons (Fsp3) is 0.929. The molecule has 0 aromatic heterocycles.